The molecule has 1 N–H and O–H groups in total. The summed E-state index contributed by atoms with van der Waals surface area (Å²) in [6.07, 6.45) is 5.51. The van der Waals surface area contributed by atoms with Crippen molar-refractivity contribution in [1.29, 1.82) is 0 Å². The van der Waals surface area contributed by atoms with Crippen molar-refractivity contribution in [2.45, 2.75) is 19.5 Å². The van der Waals surface area contributed by atoms with Gasteiger partial charge in [0.15, 0.2) is 0 Å². The molecule has 2 rings (SSSR count). The van der Waals surface area contributed by atoms with E-state index in [0.717, 1.165) is 12.2 Å². The fourth-order valence-electron chi connectivity index (χ4n) is 1.50. The molecule has 5 nitrogen and oxygen atoms in total. The maximum absolute atomic E-state index is 4.02. The van der Waals surface area contributed by atoms with Gasteiger partial charge >= 0.3 is 0 Å². The lowest BCUT2D eigenvalue weighted by atomic mass is 10.1. The molecule has 0 aliphatic carbocycles. The number of aryl methyl sites for hydroxylation is 1. The largest absolute Gasteiger partial charge is 0.304 e. The molecule has 0 saturated heterocycles. The molecular weight excluding hydrogens is 202 g/mol. The number of pyridine rings is 1. The highest BCUT2D eigenvalue weighted by molar-refractivity contribution is 5.14. The summed E-state index contributed by atoms with van der Waals surface area (Å²) in [7, 11) is 1.86. The van der Waals surface area contributed by atoms with Crippen LogP contribution in [0.5, 0.6) is 0 Å². The van der Waals surface area contributed by atoms with Crippen LogP contribution in [0.15, 0.2) is 30.7 Å². The molecule has 0 aliphatic heterocycles. The predicted octanol–water partition coefficient (Wildman–Crippen LogP) is 1.06. The van der Waals surface area contributed by atoms with E-state index < -0.39 is 0 Å². The van der Waals surface area contributed by atoms with E-state index in [0.29, 0.717) is 0 Å². The Hall–Kier alpha value is -1.75. The smallest absolute Gasteiger partial charge is 0.0964 e. The Morgan fingerprint density at radius 2 is 2.12 bits per heavy atom. The third kappa shape index (κ3) is 2.64. The van der Waals surface area contributed by atoms with E-state index in [1.165, 1.54) is 5.56 Å². The SMILES string of the molecule is CC(NCc1cn(C)nn1)c1ccncc1. The molecule has 0 fully saturated rings. The molecule has 0 aliphatic rings. The molecule has 16 heavy (non-hydrogen) atoms. The summed E-state index contributed by atoms with van der Waals surface area (Å²) < 4.78 is 1.70. The van der Waals surface area contributed by atoms with Crippen LogP contribution in [-0.4, -0.2) is 20.0 Å². The van der Waals surface area contributed by atoms with Gasteiger partial charge in [-0.15, -0.1) is 5.10 Å². The second-order valence-electron chi connectivity index (χ2n) is 3.77. The normalized spacial score (nSPS) is 12.6. The van der Waals surface area contributed by atoms with Gasteiger partial charge in [0.1, 0.15) is 0 Å². The van der Waals surface area contributed by atoms with Crippen LogP contribution in [0.1, 0.15) is 24.2 Å². The van der Waals surface area contributed by atoms with Crippen molar-refractivity contribution < 1.29 is 0 Å². The van der Waals surface area contributed by atoms with Crippen molar-refractivity contribution in [3.63, 3.8) is 0 Å². The first-order chi connectivity index (χ1) is 7.75. The van der Waals surface area contributed by atoms with Gasteiger partial charge in [-0.2, -0.15) is 0 Å². The molecule has 2 heterocycles. The van der Waals surface area contributed by atoms with Gasteiger partial charge < -0.3 is 5.32 Å². The highest BCUT2D eigenvalue weighted by Crippen LogP contribution is 2.10. The summed E-state index contributed by atoms with van der Waals surface area (Å²) in [5, 5.41) is 11.3. The average Bonchev–Trinajstić information content (AvgIpc) is 2.73. The van der Waals surface area contributed by atoms with Gasteiger partial charge in [0.25, 0.3) is 0 Å². The predicted molar refractivity (Wildman–Crippen MR) is 60.5 cm³/mol. The zero-order valence-corrected chi connectivity index (χ0v) is 9.46. The molecule has 0 saturated carbocycles. The van der Waals surface area contributed by atoms with Gasteiger partial charge in [0.05, 0.1) is 5.69 Å². The van der Waals surface area contributed by atoms with Crippen LogP contribution in [0.3, 0.4) is 0 Å². The molecule has 2 aromatic rings. The lowest BCUT2D eigenvalue weighted by Gasteiger charge is -2.12. The molecular formula is C11H15N5. The lowest BCUT2D eigenvalue weighted by Crippen LogP contribution is -2.18. The van der Waals surface area contributed by atoms with Gasteiger partial charge in [-0.05, 0) is 24.6 Å². The van der Waals surface area contributed by atoms with E-state index in [9.17, 15) is 0 Å². The molecule has 84 valence electrons. The molecule has 2 aromatic heterocycles. The van der Waals surface area contributed by atoms with E-state index in [2.05, 4.69) is 27.5 Å². The highest BCUT2D eigenvalue weighted by atomic mass is 15.4. The van der Waals surface area contributed by atoms with Gasteiger partial charge in [0.2, 0.25) is 0 Å². The molecule has 0 spiro atoms. The van der Waals surface area contributed by atoms with Crippen molar-refractivity contribution in [2.75, 3.05) is 0 Å². The third-order valence-corrected chi connectivity index (χ3v) is 2.45. The quantitative estimate of drug-likeness (QED) is 0.832. The third-order valence-electron chi connectivity index (χ3n) is 2.45. The summed E-state index contributed by atoms with van der Waals surface area (Å²) in [4.78, 5) is 4.00. The minimum Gasteiger partial charge on any atom is -0.304 e. The highest BCUT2D eigenvalue weighted by Gasteiger charge is 2.05. The minimum atomic E-state index is 0.282. The van der Waals surface area contributed by atoms with Crippen LogP contribution in [0.2, 0.25) is 0 Å². The number of rotatable bonds is 4. The fourth-order valence-corrected chi connectivity index (χ4v) is 1.50. The Labute approximate surface area is 94.5 Å². The number of nitrogens with zero attached hydrogens (tertiary/aromatic N) is 4. The maximum Gasteiger partial charge on any atom is 0.0964 e. The van der Waals surface area contributed by atoms with E-state index >= 15 is 0 Å². The van der Waals surface area contributed by atoms with Crippen molar-refractivity contribution in [3.8, 4) is 0 Å². The Balaban J connectivity index is 1.91. The Morgan fingerprint density at radius 1 is 1.38 bits per heavy atom. The second-order valence-corrected chi connectivity index (χ2v) is 3.77. The van der Waals surface area contributed by atoms with E-state index in [1.807, 2.05) is 25.4 Å². The second kappa shape index (κ2) is 4.85. The van der Waals surface area contributed by atoms with E-state index in [4.69, 9.17) is 0 Å². The van der Waals surface area contributed by atoms with Crippen LogP contribution in [0.25, 0.3) is 0 Å². The number of hydrogen-bond donors (Lipinski definition) is 1. The summed E-state index contributed by atoms with van der Waals surface area (Å²) in [5.74, 6) is 0. The minimum absolute atomic E-state index is 0.282. The van der Waals surface area contributed by atoms with Gasteiger partial charge in [-0.25, -0.2) is 0 Å². The monoisotopic (exact) mass is 217 g/mol. The molecule has 1 atom stereocenters. The number of nitrogens with one attached hydrogen (secondary N) is 1. The van der Waals surface area contributed by atoms with Gasteiger partial charge in [0, 0.05) is 38.2 Å². The average molecular weight is 217 g/mol. The van der Waals surface area contributed by atoms with Crippen LogP contribution < -0.4 is 5.32 Å². The Bertz CT molecular complexity index is 437. The summed E-state index contributed by atoms with van der Waals surface area (Å²) in [5.41, 5.74) is 2.17. The first-order valence-electron chi connectivity index (χ1n) is 5.24. The standard InChI is InChI=1S/C11H15N5/c1-9(10-3-5-12-6-4-10)13-7-11-8-16(2)15-14-11/h3-6,8-9,13H,7H2,1-2H3. The van der Waals surface area contributed by atoms with Crippen LogP contribution in [-0.2, 0) is 13.6 Å². The topological polar surface area (TPSA) is 55.6 Å². The molecule has 0 aromatic carbocycles. The lowest BCUT2D eigenvalue weighted by molar-refractivity contribution is 0.566. The van der Waals surface area contributed by atoms with Gasteiger partial charge in [-0.3, -0.25) is 9.67 Å². The van der Waals surface area contributed by atoms with Crippen molar-refractivity contribution >= 4 is 0 Å². The summed E-state index contributed by atoms with van der Waals surface area (Å²) in [6.45, 7) is 2.84. The van der Waals surface area contributed by atoms with Crippen molar-refractivity contribution in [3.05, 3.63) is 42.0 Å². The Morgan fingerprint density at radius 3 is 2.75 bits per heavy atom. The maximum atomic E-state index is 4.02. The molecule has 1 unspecified atom stereocenters. The number of aromatic nitrogens is 4. The van der Waals surface area contributed by atoms with Crippen molar-refractivity contribution in [1.82, 2.24) is 25.3 Å². The van der Waals surface area contributed by atoms with Crippen LogP contribution >= 0.6 is 0 Å². The molecule has 0 radical (unpaired) electrons. The van der Waals surface area contributed by atoms with E-state index in [1.54, 1.807) is 17.1 Å². The van der Waals surface area contributed by atoms with Crippen molar-refractivity contribution in [2.24, 2.45) is 7.05 Å². The van der Waals surface area contributed by atoms with Gasteiger partial charge in [-0.1, -0.05) is 5.21 Å². The van der Waals surface area contributed by atoms with Crippen LogP contribution in [0.4, 0.5) is 0 Å². The number of hydrogen-bond acceptors (Lipinski definition) is 4. The summed E-state index contributed by atoms with van der Waals surface area (Å²) in [6, 6.07) is 4.30. The molecule has 5 heteroatoms. The first-order valence-corrected chi connectivity index (χ1v) is 5.24. The first kappa shape index (κ1) is 10.8. The van der Waals surface area contributed by atoms with E-state index in [-0.39, 0.29) is 6.04 Å². The Kier molecular flexibility index (Phi) is 3.26. The zero-order chi connectivity index (χ0) is 11.4. The zero-order valence-electron chi connectivity index (χ0n) is 9.46. The summed E-state index contributed by atoms with van der Waals surface area (Å²) >= 11 is 0. The fraction of sp³-hybridized carbons (Fsp3) is 0.364. The van der Waals surface area contributed by atoms with Crippen LogP contribution in [0, 0.1) is 0 Å². The molecule has 0 amide bonds. The molecule has 0 bridgehead atoms.